The lowest BCUT2D eigenvalue weighted by Crippen LogP contribution is -2.22. The SMILES string of the molecule is COc1ccc(C(=O)[O-])cc1OC.Cc1cccc(N)[nH+]1. The van der Waals surface area contributed by atoms with Crippen LogP contribution in [0.1, 0.15) is 16.1 Å². The van der Waals surface area contributed by atoms with Crippen molar-refractivity contribution >= 4 is 11.8 Å². The van der Waals surface area contributed by atoms with Gasteiger partial charge in [-0.3, -0.25) is 5.73 Å². The normalized spacial score (nSPS) is 9.29. The van der Waals surface area contributed by atoms with Gasteiger partial charge in [-0.1, -0.05) is 6.07 Å². The minimum atomic E-state index is -1.24. The minimum Gasteiger partial charge on any atom is -0.545 e. The highest BCUT2D eigenvalue weighted by Crippen LogP contribution is 2.27. The van der Waals surface area contributed by atoms with Crippen LogP contribution in [0.3, 0.4) is 0 Å². The molecule has 21 heavy (non-hydrogen) atoms. The number of aryl methyl sites for hydroxylation is 1. The van der Waals surface area contributed by atoms with E-state index >= 15 is 0 Å². The topological polar surface area (TPSA) is 98.8 Å². The van der Waals surface area contributed by atoms with Crippen LogP contribution in [0.15, 0.2) is 36.4 Å². The second-order valence-corrected chi connectivity index (χ2v) is 4.15. The first kappa shape index (κ1) is 16.3. The molecule has 1 aromatic carbocycles. The van der Waals surface area contributed by atoms with Gasteiger partial charge in [-0.15, -0.1) is 0 Å². The van der Waals surface area contributed by atoms with Gasteiger partial charge in [0.1, 0.15) is 0 Å². The molecule has 0 fully saturated rings. The Balaban J connectivity index is 0.000000235. The third kappa shape index (κ3) is 5.02. The van der Waals surface area contributed by atoms with Crippen molar-refractivity contribution in [1.82, 2.24) is 0 Å². The number of hydrogen-bond donors (Lipinski definition) is 1. The van der Waals surface area contributed by atoms with Crippen molar-refractivity contribution in [3.63, 3.8) is 0 Å². The van der Waals surface area contributed by atoms with Crippen LogP contribution in [-0.4, -0.2) is 20.2 Å². The number of hydrogen-bond acceptors (Lipinski definition) is 5. The van der Waals surface area contributed by atoms with Gasteiger partial charge in [0.2, 0.25) is 0 Å². The van der Waals surface area contributed by atoms with E-state index in [4.69, 9.17) is 15.2 Å². The van der Waals surface area contributed by atoms with E-state index in [1.807, 2.05) is 25.1 Å². The van der Waals surface area contributed by atoms with E-state index in [0.29, 0.717) is 17.3 Å². The molecule has 0 radical (unpaired) electrons. The molecule has 6 heteroatoms. The van der Waals surface area contributed by atoms with Gasteiger partial charge in [0.25, 0.3) is 5.82 Å². The molecule has 0 atom stereocenters. The van der Waals surface area contributed by atoms with Crippen molar-refractivity contribution < 1.29 is 24.4 Å². The molecule has 2 aromatic rings. The summed E-state index contributed by atoms with van der Waals surface area (Å²) in [7, 11) is 2.92. The molecule has 0 bridgehead atoms. The maximum Gasteiger partial charge on any atom is 0.270 e. The van der Waals surface area contributed by atoms with Crippen molar-refractivity contribution in [3.05, 3.63) is 47.7 Å². The van der Waals surface area contributed by atoms with Gasteiger partial charge in [0.05, 0.1) is 25.9 Å². The van der Waals surface area contributed by atoms with Crippen molar-refractivity contribution in [2.75, 3.05) is 20.0 Å². The van der Waals surface area contributed by atoms with Crippen LogP contribution in [0.2, 0.25) is 0 Å². The van der Waals surface area contributed by atoms with Crippen molar-refractivity contribution in [1.29, 1.82) is 0 Å². The standard InChI is InChI=1S/C9H10O4.C6H8N2/c1-12-7-4-3-6(9(10)11)5-8(7)13-2;1-5-3-2-4-6(7)8-5/h3-5H,1-2H3,(H,10,11);2-4H,1H3,(H2,7,8). The van der Waals surface area contributed by atoms with E-state index < -0.39 is 5.97 Å². The number of aromatic carboxylic acids is 1. The maximum absolute atomic E-state index is 10.5. The van der Waals surface area contributed by atoms with E-state index in [9.17, 15) is 9.90 Å². The number of carboxylic acid groups (broad SMARTS) is 1. The van der Waals surface area contributed by atoms with Gasteiger partial charge in [-0.25, -0.2) is 4.98 Å². The van der Waals surface area contributed by atoms with E-state index in [1.165, 1.54) is 32.4 Å². The zero-order chi connectivity index (χ0) is 15.8. The number of nitrogens with two attached hydrogens (primary N) is 1. The van der Waals surface area contributed by atoms with Crippen molar-refractivity contribution in [2.24, 2.45) is 0 Å². The molecule has 1 heterocycles. The monoisotopic (exact) mass is 290 g/mol. The van der Waals surface area contributed by atoms with Crippen LogP contribution < -0.4 is 25.3 Å². The summed E-state index contributed by atoms with van der Waals surface area (Å²) in [6, 6.07) is 9.99. The van der Waals surface area contributed by atoms with Gasteiger partial charge in [0.15, 0.2) is 11.5 Å². The molecule has 0 spiro atoms. The third-order valence-corrected chi connectivity index (χ3v) is 2.58. The lowest BCUT2D eigenvalue weighted by molar-refractivity contribution is -0.370. The number of carbonyl (C=O) groups is 1. The molecule has 0 amide bonds. The number of pyridine rings is 1. The zero-order valence-corrected chi connectivity index (χ0v) is 12.2. The van der Waals surface area contributed by atoms with Gasteiger partial charge < -0.3 is 19.4 Å². The summed E-state index contributed by atoms with van der Waals surface area (Å²) in [4.78, 5) is 13.4. The Kier molecular flexibility index (Phi) is 6.00. The lowest BCUT2D eigenvalue weighted by atomic mass is 10.2. The fraction of sp³-hybridized carbons (Fsp3) is 0.200. The number of carboxylic acids is 1. The first-order valence-electron chi connectivity index (χ1n) is 6.15. The first-order chi connectivity index (χ1) is 9.97. The van der Waals surface area contributed by atoms with Crippen LogP contribution in [0, 0.1) is 6.92 Å². The smallest absolute Gasteiger partial charge is 0.270 e. The molecule has 0 aliphatic rings. The Hall–Kier alpha value is -2.76. The zero-order valence-electron chi connectivity index (χ0n) is 12.2. The predicted octanol–water partition coefficient (Wildman–Crippen LogP) is 0.459. The summed E-state index contributed by atoms with van der Waals surface area (Å²) in [5.74, 6) is 0.350. The number of carbonyl (C=O) groups excluding carboxylic acids is 1. The Morgan fingerprint density at radius 2 is 1.81 bits per heavy atom. The Morgan fingerprint density at radius 1 is 1.14 bits per heavy atom. The van der Waals surface area contributed by atoms with Gasteiger partial charge in [-0.05, 0) is 31.2 Å². The molecule has 1 aromatic heterocycles. The average Bonchev–Trinajstić information content (AvgIpc) is 2.46. The fourth-order valence-electron chi connectivity index (χ4n) is 1.57. The minimum absolute atomic E-state index is 0.0673. The lowest BCUT2D eigenvalue weighted by Gasteiger charge is -2.09. The Morgan fingerprint density at radius 3 is 2.24 bits per heavy atom. The van der Waals surface area contributed by atoms with E-state index in [0.717, 1.165) is 5.69 Å². The van der Waals surface area contributed by atoms with Crippen LogP contribution >= 0.6 is 0 Å². The average molecular weight is 290 g/mol. The number of benzene rings is 1. The molecule has 0 saturated carbocycles. The van der Waals surface area contributed by atoms with Crippen LogP contribution in [0.5, 0.6) is 11.5 Å². The van der Waals surface area contributed by atoms with Crippen LogP contribution in [-0.2, 0) is 0 Å². The highest BCUT2D eigenvalue weighted by molar-refractivity contribution is 5.86. The number of aromatic nitrogens is 1. The summed E-state index contributed by atoms with van der Waals surface area (Å²) in [6.45, 7) is 1.97. The molecular weight excluding hydrogens is 272 g/mol. The molecule has 2 rings (SSSR count). The van der Waals surface area contributed by atoms with E-state index in [1.54, 1.807) is 0 Å². The van der Waals surface area contributed by atoms with Crippen LogP contribution in [0.25, 0.3) is 0 Å². The molecular formula is C15H18N2O4. The van der Waals surface area contributed by atoms with E-state index in [2.05, 4.69) is 4.98 Å². The number of nitrogens with one attached hydrogen (secondary N) is 1. The number of rotatable bonds is 3. The summed E-state index contributed by atoms with van der Waals surface area (Å²) in [5, 5.41) is 10.5. The highest BCUT2D eigenvalue weighted by atomic mass is 16.5. The van der Waals surface area contributed by atoms with Gasteiger partial charge in [0, 0.05) is 11.6 Å². The first-order valence-corrected chi connectivity index (χ1v) is 6.15. The Bertz CT molecular complexity index is 597. The number of nitrogen functional groups attached to an aromatic ring is 1. The summed E-state index contributed by atoms with van der Waals surface area (Å²) >= 11 is 0. The molecule has 0 aliphatic carbocycles. The van der Waals surface area contributed by atoms with Gasteiger partial charge in [-0.2, -0.15) is 0 Å². The Labute approximate surface area is 123 Å². The van der Waals surface area contributed by atoms with Gasteiger partial charge >= 0.3 is 0 Å². The second-order valence-electron chi connectivity index (χ2n) is 4.15. The quantitative estimate of drug-likeness (QED) is 0.885. The van der Waals surface area contributed by atoms with Crippen LogP contribution in [0.4, 0.5) is 5.82 Å². The number of H-pyrrole nitrogens is 1. The van der Waals surface area contributed by atoms with E-state index in [-0.39, 0.29) is 5.56 Å². The number of aromatic amines is 1. The van der Waals surface area contributed by atoms with Crippen molar-refractivity contribution in [3.8, 4) is 11.5 Å². The molecule has 0 saturated heterocycles. The molecule has 3 N–H and O–H groups in total. The fourth-order valence-corrected chi connectivity index (χ4v) is 1.57. The highest BCUT2D eigenvalue weighted by Gasteiger charge is 2.04. The molecule has 6 nitrogen and oxygen atoms in total. The second kappa shape index (κ2) is 7.74. The predicted molar refractivity (Wildman–Crippen MR) is 76.0 cm³/mol. The summed E-state index contributed by atoms with van der Waals surface area (Å²) in [5.41, 5.74) is 6.56. The number of methoxy groups -OCH3 is 2. The molecule has 0 aliphatic heterocycles. The molecule has 0 unspecified atom stereocenters. The van der Waals surface area contributed by atoms with Crippen molar-refractivity contribution in [2.45, 2.75) is 6.92 Å². The largest absolute Gasteiger partial charge is 0.545 e. The number of anilines is 1. The third-order valence-electron chi connectivity index (χ3n) is 2.58. The molecule has 112 valence electrons. The summed E-state index contributed by atoms with van der Waals surface area (Å²) < 4.78 is 9.84. The number of ether oxygens (including phenoxy) is 2. The maximum atomic E-state index is 10.5. The summed E-state index contributed by atoms with van der Waals surface area (Å²) in [6.07, 6.45) is 0.